The average Bonchev–Trinajstić information content (AvgIpc) is 2.96. The number of benzene rings is 1. The predicted octanol–water partition coefficient (Wildman–Crippen LogP) is 3.09. The van der Waals surface area contributed by atoms with E-state index in [-0.39, 0.29) is 5.82 Å². The van der Waals surface area contributed by atoms with Gasteiger partial charge in [0.15, 0.2) is 5.65 Å². The standard InChI is InChI=1S/C18H19FN4/c19-15-7-5-13(6-8-15)12-23-17(14-3-1-9-20-11-14)22-16-4-2-10-21-18(16)23/h2,4-8,10,14,20H,1,3,9,11-12H2. The smallest absolute Gasteiger partial charge is 0.160 e. The topological polar surface area (TPSA) is 42.7 Å². The molecule has 23 heavy (non-hydrogen) atoms. The normalized spacial score (nSPS) is 18.4. The molecule has 1 aliphatic rings. The van der Waals surface area contributed by atoms with Gasteiger partial charge in [-0.15, -0.1) is 0 Å². The second-order valence-corrected chi connectivity index (χ2v) is 6.07. The van der Waals surface area contributed by atoms with Crippen LogP contribution in [-0.4, -0.2) is 27.6 Å². The van der Waals surface area contributed by atoms with Crippen molar-refractivity contribution in [3.05, 3.63) is 59.8 Å². The van der Waals surface area contributed by atoms with Crippen LogP contribution < -0.4 is 5.32 Å². The summed E-state index contributed by atoms with van der Waals surface area (Å²) in [5, 5.41) is 3.45. The molecular formula is C18H19FN4. The number of halogens is 1. The summed E-state index contributed by atoms with van der Waals surface area (Å²) in [5.41, 5.74) is 2.88. The molecule has 1 fully saturated rings. The molecule has 1 atom stereocenters. The zero-order valence-corrected chi connectivity index (χ0v) is 12.9. The highest BCUT2D eigenvalue weighted by molar-refractivity contribution is 5.71. The number of nitrogens with one attached hydrogen (secondary N) is 1. The van der Waals surface area contributed by atoms with E-state index in [0.717, 1.165) is 48.5 Å². The van der Waals surface area contributed by atoms with Gasteiger partial charge in [0, 0.05) is 18.7 Å². The van der Waals surface area contributed by atoms with E-state index in [9.17, 15) is 4.39 Å². The fraction of sp³-hybridized carbons (Fsp3) is 0.333. The van der Waals surface area contributed by atoms with Gasteiger partial charge in [0.05, 0.1) is 6.54 Å². The number of fused-ring (bicyclic) bond motifs is 1. The lowest BCUT2D eigenvalue weighted by Gasteiger charge is -2.23. The van der Waals surface area contributed by atoms with Crippen LogP contribution in [-0.2, 0) is 6.54 Å². The maximum atomic E-state index is 13.1. The van der Waals surface area contributed by atoms with Gasteiger partial charge in [0.1, 0.15) is 17.2 Å². The average molecular weight is 310 g/mol. The lowest BCUT2D eigenvalue weighted by molar-refractivity contribution is 0.437. The molecule has 2 aromatic heterocycles. The summed E-state index contributed by atoms with van der Waals surface area (Å²) in [7, 11) is 0. The van der Waals surface area contributed by atoms with Crippen LogP contribution in [0.2, 0.25) is 0 Å². The number of aromatic nitrogens is 3. The van der Waals surface area contributed by atoms with Crippen molar-refractivity contribution in [3.63, 3.8) is 0 Å². The van der Waals surface area contributed by atoms with E-state index >= 15 is 0 Å². The third-order valence-corrected chi connectivity index (χ3v) is 4.45. The van der Waals surface area contributed by atoms with Crippen molar-refractivity contribution in [1.82, 2.24) is 19.9 Å². The van der Waals surface area contributed by atoms with Gasteiger partial charge < -0.3 is 9.88 Å². The second-order valence-electron chi connectivity index (χ2n) is 6.07. The molecule has 5 heteroatoms. The highest BCUT2D eigenvalue weighted by atomic mass is 19.1. The number of hydrogen-bond acceptors (Lipinski definition) is 3. The zero-order valence-electron chi connectivity index (χ0n) is 12.9. The van der Waals surface area contributed by atoms with E-state index in [1.165, 1.54) is 12.1 Å². The fourth-order valence-corrected chi connectivity index (χ4v) is 3.29. The van der Waals surface area contributed by atoms with Gasteiger partial charge in [-0.3, -0.25) is 0 Å². The molecule has 1 saturated heterocycles. The van der Waals surface area contributed by atoms with Crippen LogP contribution in [0.1, 0.15) is 30.1 Å². The number of nitrogens with zero attached hydrogens (tertiary/aromatic N) is 3. The Labute approximate surface area is 134 Å². The van der Waals surface area contributed by atoms with E-state index in [1.807, 2.05) is 24.3 Å². The van der Waals surface area contributed by atoms with Gasteiger partial charge in [0.2, 0.25) is 0 Å². The summed E-state index contributed by atoms with van der Waals surface area (Å²) >= 11 is 0. The molecule has 0 bridgehead atoms. The lowest BCUT2D eigenvalue weighted by Crippen LogP contribution is -2.30. The first-order chi connectivity index (χ1) is 11.3. The van der Waals surface area contributed by atoms with E-state index in [0.29, 0.717) is 12.5 Å². The largest absolute Gasteiger partial charge is 0.316 e. The predicted molar refractivity (Wildman–Crippen MR) is 87.9 cm³/mol. The summed E-state index contributed by atoms with van der Waals surface area (Å²) in [6, 6.07) is 10.6. The van der Waals surface area contributed by atoms with E-state index in [2.05, 4.69) is 14.9 Å². The number of piperidine rings is 1. The van der Waals surface area contributed by atoms with Crippen LogP contribution in [0.15, 0.2) is 42.6 Å². The third-order valence-electron chi connectivity index (χ3n) is 4.45. The molecule has 4 rings (SSSR count). The fourth-order valence-electron chi connectivity index (χ4n) is 3.29. The van der Waals surface area contributed by atoms with E-state index in [4.69, 9.17) is 4.98 Å². The van der Waals surface area contributed by atoms with Crippen molar-refractivity contribution in [2.45, 2.75) is 25.3 Å². The minimum absolute atomic E-state index is 0.209. The zero-order chi connectivity index (χ0) is 15.6. The molecule has 1 aromatic carbocycles. The first-order valence-corrected chi connectivity index (χ1v) is 8.07. The maximum Gasteiger partial charge on any atom is 0.160 e. The summed E-state index contributed by atoms with van der Waals surface area (Å²) < 4.78 is 15.3. The molecule has 118 valence electrons. The molecule has 0 aliphatic carbocycles. The molecule has 4 nitrogen and oxygen atoms in total. The van der Waals surface area contributed by atoms with Crippen LogP contribution in [0.25, 0.3) is 11.2 Å². The Hall–Kier alpha value is -2.27. The van der Waals surface area contributed by atoms with Gasteiger partial charge in [-0.1, -0.05) is 12.1 Å². The number of pyridine rings is 1. The second kappa shape index (κ2) is 6.08. The van der Waals surface area contributed by atoms with Gasteiger partial charge in [-0.2, -0.15) is 0 Å². The molecular weight excluding hydrogens is 291 g/mol. The van der Waals surface area contributed by atoms with Gasteiger partial charge in [-0.05, 0) is 49.2 Å². The number of imidazole rings is 1. The highest BCUT2D eigenvalue weighted by Crippen LogP contribution is 2.26. The van der Waals surface area contributed by atoms with Gasteiger partial charge in [0.25, 0.3) is 0 Å². The Balaban J connectivity index is 1.77. The van der Waals surface area contributed by atoms with Crippen LogP contribution >= 0.6 is 0 Å². The Kier molecular flexibility index (Phi) is 3.79. The summed E-state index contributed by atoms with van der Waals surface area (Å²) in [4.78, 5) is 9.35. The Morgan fingerprint density at radius 3 is 2.87 bits per heavy atom. The van der Waals surface area contributed by atoms with Crippen molar-refractivity contribution in [2.75, 3.05) is 13.1 Å². The Bertz CT molecular complexity index is 804. The van der Waals surface area contributed by atoms with Crippen molar-refractivity contribution in [2.24, 2.45) is 0 Å². The van der Waals surface area contributed by atoms with Crippen molar-refractivity contribution >= 4 is 11.2 Å². The van der Waals surface area contributed by atoms with E-state index < -0.39 is 0 Å². The molecule has 1 aliphatic heterocycles. The molecule has 0 saturated carbocycles. The van der Waals surface area contributed by atoms with Crippen LogP contribution in [0, 0.1) is 5.82 Å². The van der Waals surface area contributed by atoms with E-state index in [1.54, 1.807) is 6.20 Å². The molecule has 1 N–H and O–H groups in total. The van der Waals surface area contributed by atoms with Crippen molar-refractivity contribution in [3.8, 4) is 0 Å². The monoisotopic (exact) mass is 310 g/mol. The Morgan fingerprint density at radius 1 is 1.22 bits per heavy atom. The van der Waals surface area contributed by atoms with Crippen LogP contribution in [0.4, 0.5) is 4.39 Å². The Morgan fingerprint density at radius 2 is 2.09 bits per heavy atom. The highest BCUT2D eigenvalue weighted by Gasteiger charge is 2.22. The van der Waals surface area contributed by atoms with Crippen molar-refractivity contribution in [1.29, 1.82) is 0 Å². The minimum Gasteiger partial charge on any atom is -0.316 e. The molecule has 0 radical (unpaired) electrons. The number of rotatable bonds is 3. The molecule has 0 spiro atoms. The molecule has 1 unspecified atom stereocenters. The SMILES string of the molecule is Fc1ccc(Cn2c(C3CCCNC3)nc3cccnc32)cc1. The first kappa shape index (κ1) is 14.3. The minimum atomic E-state index is -0.209. The third kappa shape index (κ3) is 2.84. The molecule has 3 heterocycles. The quantitative estimate of drug-likeness (QED) is 0.808. The van der Waals surface area contributed by atoms with Crippen LogP contribution in [0.5, 0.6) is 0 Å². The van der Waals surface area contributed by atoms with Gasteiger partial charge >= 0.3 is 0 Å². The summed E-state index contributed by atoms with van der Waals surface area (Å²) in [6.07, 6.45) is 4.10. The summed E-state index contributed by atoms with van der Waals surface area (Å²) in [6.45, 7) is 2.69. The molecule has 3 aromatic rings. The van der Waals surface area contributed by atoms with Crippen molar-refractivity contribution < 1.29 is 4.39 Å². The first-order valence-electron chi connectivity index (χ1n) is 8.07. The molecule has 0 amide bonds. The van der Waals surface area contributed by atoms with Crippen LogP contribution in [0.3, 0.4) is 0 Å². The number of hydrogen-bond donors (Lipinski definition) is 1. The summed E-state index contributed by atoms with van der Waals surface area (Å²) in [5.74, 6) is 1.27. The maximum absolute atomic E-state index is 13.1. The lowest BCUT2D eigenvalue weighted by atomic mass is 9.99. The van der Waals surface area contributed by atoms with Gasteiger partial charge in [-0.25, -0.2) is 14.4 Å².